The summed E-state index contributed by atoms with van der Waals surface area (Å²) in [7, 11) is 0. The molecule has 0 atom stereocenters. The molecule has 0 bridgehead atoms. The smallest absolute Gasteiger partial charge is 0.0991 e. The molecule has 18 heavy (non-hydrogen) atoms. The zero-order chi connectivity index (χ0) is 13.0. The Balaban J connectivity index is 1.91. The van der Waals surface area contributed by atoms with E-state index in [0.717, 1.165) is 38.3 Å². The lowest BCUT2D eigenvalue weighted by atomic mass is 10.1. The summed E-state index contributed by atoms with van der Waals surface area (Å²) < 4.78 is 0. The van der Waals surface area contributed by atoms with Crippen LogP contribution in [0.5, 0.6) is 0 Å². The summed E-state index contributed by atoms with van der Waals surface area (Å²) in [4.78, 5) is 4.89. The van der Waals surface area contributed by atoms with E-state index in [0.29, 0.717) is 0 Å². The molecule has 1 aromatic rings. The topological polar surface area (TPSA) is 30.3 Å². The second kappa shape index (κ2) is 5.88. The van der Waals surface area contributed by atoms with E-state index >= 15 is 0 Å². The summed E-state index contributed by atoms with van der Waals surface area (Å²) in [6.45, 7) is 9.86. The van der Waals surface area contributed by atoms with E-state index in [2.05, 4.69) is 29.7 Å². The normalized spacial score (nSPS) is 16.9. The molecule has 3 heteroatoms. The molecular formula is C15H20N3. The van der Waals surface area contributed by atoms with Crippen LogP contribution in [0.4, 0.5) is 5.69 Å². The van der Waals surface area contributed by atoms with Crippen LogP contribution in [0.3, 0.4) is 0 Å². The minimum atomic E-state index is 0.730. The number of nitriles is 1. The van der Waals surface area contributed by atoms with Gasteiger partial charge in [0.15, 0.2) is 0 Å². The molecule has 0 saturated carbocycles. The Morgan fingerprint density at radius 1 is 1.11 bits per heavy atom. The van der Waals surface area contributed by atoms with Gasteiger partial charge < -0.3 is 4.90 Å². The van der Waals surface area contributed by atoms with Crippen molar-refractivity contribution in [2.75, 3.05) is 37.6 Å². The molecule has 1 aromatic carbocycles. The van der Waals surface area contributed by atoms with Gasteiger partial charge in [-0.3, -0.25) is 4.90 Å². The maximum Gasteiger partial charge on any atom is 0.0991 e. The van der Waals surface area contributed by atoms with E-state index in [1.54, 1.807) is 0 Å². The van der Waals surface area contributed by atoms with Gasteiger partial charge in [0, 0.05) is 38.4 Å². The monoisotopic (exact) mass is 242 g/mol. The third-order valence-electron chi connectivity index (χ3n) is 3.27. The lowest BCUT2D eigenvalue weighted by Gasteiger charge is -2.36. The number of anilines is 1. The Morgan fingerprint density at radius 2 is 1.72 bits per heavy atom. The van der Waals surface area contributed by atoms with Crippen LogP contribution in [0.1, 0.15) is 19.4 Å². The molecule has 3 nitrogen and oxygen atoms in total. The maximum atomic E-state index is 8.78. The fourth-order valence-electron chi connectivity index (χ4n) is 2.36. The van der Waals surface area contributed by atoms with Gasteiger partial charge in [0.05, 0.1) is 11.6 Å². The van der Waals surface area contributed by atoms with Crippen molar-refractivity contribution in [2.45, 2.75) is 13.8 Å². The molecule has 1 saturated heterocycles. The average molecular weight is 242 g/mol. The lowest BCUT2D eigenvalue weighted by molar-refractivity contribution is 0.267. The SMILES string of the molecule is C[C](C)CN1CCN(c2ccc(C#N)cc2)CC1. The minimum absolute atomic E-state index is 0.730. The minimum Gasteiger partial charge on any atom is -0.369 e. The fourth-order valence-corrected chi connectivity index (χ4v) is 2.36. The van der Waals surface area contributed by atoms with E-state index in [-0.39, 0.29) is 0 Å². The first kappa shape index (κ1) is 12.9. The number of hydrogen-bond donors (Lipinski definition) is 0. The highest BCUT2D eigenvalue weighted by molar-refractivity contribution is 5.50. The van der Waals surface area contributed by atoms with Gasteiger partial charge in [-0.2, -0.15) is 5.26 Å². The predicted molar refractivity (Wildman–Crippen MR) is 74.4 cm³/mol. The van der Waals surface area contributed by atoms with Gasteiger partial charge in [0.1, 0.15) is 0 Å². The molecule has 1 aliphatic heterocycles. The lowest BCUT2D eigenvalue weighted by Crippen LogP contribution is -2.47. The van der Waals surface area contributed by atoms with Crippen LogP contribution in [0.2, 0.25) is 0 Å². The van der Waals surface area contributed by atoms with Crippen molar-refractivity contribution in [3.63, 3.8) is 0 Å². The van der Waals surface area contributed by atoms with E-state index in [9.17, 15) is 0 Å². The molecule has 0 spiro atoms. The van der Waals surface area contributed by atoms with Crippen LogP contribution in [0.15, 0.2) is 24.3 Å². The van der Waals surface area contributed by atoms with Gasteiger partial charge >= 0.3 is 0 Å². The van der Waals surface area contributed by atoms with Crippen molar-refractivity contribution in [3.05, 3.63) is 35.7 Å². The number of hydrogen-bond acceptors (Lipinski definition) is 3. The van der Waals surface area contributed by atoms with Crippen LogP contribution in [-0.4, -0.2) is 37.6 Å². The molecule has 1 fully saturated rings. The molecular weight excluding hydrogens is 222 g/mol. The van der Waals surface area contributed by atoms with E-state index in [1.807, 2.05) is 24.3 Å². The molecule has 95 valence electrons. The van der Waals surface area contributed by atoms with Crippen LogP contribution >= 0.6 is 0 Å². The summed E-state index contributed by atoms with van der Waals surface area (Å²) in [5.74, 6) is 1.47. The van der Waals surface area contributed by atoms with Crippen LogP contribution in [-0.2, 0) is 0 Å². The van der Waals surface area contributed by atoms with Crippen LogP contribution in [0.25, 0.3) is 0 Å². The molecule has 0 N–H and O–H groups in total. The zero-order valence-corrected chi connectivity index (χ0v) is 11.2. The van der Waals surface area contributed by atoms with Crippen molar-refractivity contribution in [2.24, 2.45) is 0 Å². The molecule has 2 rings (SSSR count). The second-order valence-corrected chi connectivity index (χ2v) is 5.13. The van der Waals surface area contributed by atoms with Gasteiger partial charge in [-0.05, 0) is 30.2 Å². The highest BCUT2D eigenvalue weighted by Crippen LogP contribution is 2.17. The Hall–Kier alpha value is -1.53. The van der Waals surface area contributed by atoms with E-state index in [4.69, 9.17) is 5.26 Å². The number of piperazine rings is 1. The highest BCUT2D eigenvalue weighted by Gasteiger charge is 2.17. The predicted octanol–water partition coefficient (Wildman–Crippen LogP) is 2.29. The summed E-state index contributed by atoms with van der Waals surface area (Å²) in [6, 6.07) is 10.0. The zero-order valence-electron chi connectivity index (χ0n) is 11.2. The van der Waals surface area contributed by atoms with Crippen LogP contribution in [0, 0.1) is 17.2 Å². The van der Waals surface area contributed by atoms with E-state index in [1.165, 1.54) is 11.6 Å². The second-order valence-electron chi connectivity index (χ2n) is 5.13. The van der Waals surface area contributed by atoms with Crippen molar-refractivity contribution >= 4 is 5.69 Å². The number of benzene rings is 1. The van der Waals surface area contributed by atoms with Crippen molar-refractivity contribution in [3.8, 4) is 6.07 Å². The van der Waals surface area contributed by atoms with Crippen molar-refractivity contribution in [1.82, 2.24) is 4.90 Å². The Morgan fingerprint density at radius 3 is 2.22 bits per heavy atom. The third kappa shape index (κ3) is 3.24. The van der Waals surface area contributed by atoms with E-state index < -0.39 is 0 Å². The largest absolute Gasteiger partial charge is 0.369 e. The summed E-state index contributed by atoms with van der Waals surface area (Å²) in [6.07, 6.45) is 0. The Kier molecular flexibility index (Phi) is 4.22. The third-order valence-corrected chi connectivity index (χ3v) is 3.27. The summed E-state index contributed by atoms with van der Waals surface area (Å²) in [5, 5.41) is 8.78. The number of nitrogens with zero attached hydrogens (tertiary/aromatic N) is 3. The molecule has 0 aromatic heterocycles. The van der Waals surface area contributed by atoms with Crippen molar-refractivity contribution in [1.29, 1.82) is 5.26 Å². The van der Waals surface area contributed by atoms with Gasteiger partial charge in [-0.15, -0.1) is 0 Å². The molecule has 1 heterocycles. The molecule has 1 radical (unpaired) electrons. The standard InChI is InChI=1S/C15H20N3/c1-13(2)12-17-7-9-18(10-8-17)15-5-3-14(11-16)4-6-15/h3-6H,7-10,12H2,1-2H3. The fraction of sp³-hybridized carbons (Fsp3) is 0.467. The quantitative estimate of drug-likeness (QED) is 0.814. The first-order valence-electron chi connectivity index (χ1n) is 6.45. The highest BCUT2D eigenvalue weighted by atomic mass is 15.3. The first-order valence-corrected chi connectivity index (χ1v) is 6.45. The van der Waals surface area contributed by atoms with Gasteiger partial charge in [0.2, 0.25) is 0 Å². The Labute approximate surface area is 110 Å². The first-order chi connectivity index (χ1) is 8.69. The van der Waals surface area contributed by atoms with Gasteiger partial charge in [0.25, 0.3) is 0 Å². The summed E-state index contributed by atoms with van der Waals surface area (Å²) >= 11 is 0. The Bertz CT molecular complexity index is 408. The molecule has 0 unspecified atom stereocenters. The van der Waals surface area contributed by atoms with Gasteiger partial charge in [-0.1, -0.05) is 13.8 Å². The molecule has 0 amide bonds. The molecule has 1 aliphatic rings. The average Bonchev–Trinajstić information content (AvgIpc) is 2.39. The van der Waals surface area contributed by atoms with Gasteiger partial charge in [-0.25, -0.2) is 0 Å². The maximum absolute atomic E-state index is 8.78. The van der Waals surface area contributed by atoms with Crippen LogP contribution < -0.4 is 4.90 Å². The number of rotatable bonds is 3. The van der Waals surface area contributed by atoms with Crippen molar-refractivity contribution < 1.29 is 0 Å². The summed E-state index contributed by atoms with van der Waals surface area (Å²) in [5.41, 5.74) is 1.96. The molecule has 0 aliphatic carbocycles.